The van der Waals surface area contributed by atoms with E-state index in [1.165, 1.54) is 12.1 Å². The van der Waals surface area contributed by atoms with Crippen LogP contribution in [0.5, 0.6) is 0 Å². The average Bonchev–Trinajstić information content (AvgIpc) is 2.31. The van der Waals surface area contributed by atoms with Crippen molar-refractivity contribution in [3.63, 3.8) is 0 Å². The summed E-state index contributed by atoms with van der Waals surface area (Å²) >= 11 is 1.90. The monoisotopic (exact) mass is 239 g/mol. The molecule has 1 aliphatic rings. The zero-order valence-electron chi connectivity index (χ0n) is 8.91. The highest BCUT2D eigenvalue weighted by atomic mass is 32.2. The maximum atomic E-state index is 13.3. The van der Waals surface area contributed by atoms with Crippen molar-refractivity contribution >= 4 is 17.7 Å². The standard InChI is InChI=1S/C12H14FNOS/c13-11-4-2-1-3-10(11)12(15)14-9-5-7-16-8-6-9/h1-4,9H,5-8H2,(H,14,15). The summed E-state index contributed by atoms with van der Waals surface area (Å²) in [6, 6.07) is 6.29. The van der Waals surface area contributed by atoms with Crippen LogP contribution in [0.2, 0.25) is 0 Å². The van der Waals surface area contributed by atoms with E-state index in [1.807, 2.05) is 11.8 Å². The highest BCUT2D eigenvalue weighted by Crippen LogP contribution is 2.17. The van der Waals surface area contributed by atoms with Crippen LogP contribution in [-0.4, -0.2) is 23.5 Å². The highest BCUT2D eigenvalue weighted by Gasteiger charge is 2.18. The van der Waals surface area contributed by atoms with Gasteiger partial charge >= 0.3 is 0 Å². The summed E-state index contributed by atoms with van der Waals surface area (Å²) in [6.45, 7) is 0. The molecule has 0 aliphatic carbocycles. The molecular weight excluding hydrogens is 225 g/mol. The first kappa shape index (κ1) is 11.5. The molecule has 0 atom stereocenters. The molecule has 16 heavy (non-hydrogen) atoms. The van der Waals surface area contributed by atoms with Gasteiger partial charge in [0, 0.05) is 6.04 Å². The summed E-state index contributed by atoms with van der Waals surface area (Å²) in [7, 11) is 0. The van der Waals surface area contributed by atoms with Crippen LogP contribution in [0.3, 0.4) is 0 Å². The fraction of sp³-hybridized carbons (Fsp3) is 0.417. The number of amides is 1. The van der Waals surface area contributed by atoms with Gasteiger partial charge in [-0.15, -0.1) is 0 Å². The number of rotatable bonds is 2. The number of carbonyl (C=O) groups is 1. The van der Waals surface area contributed by atoms with Gasteiger partial charge in [0.25, 0.3) is 5.91 Å². The van der Waals surface area contributed by atoms with Crippen molar-refractivity contribution in [2.24, 2.45) is 0 Å². The van der Waals surface area contributed by atoms with E-state index in [2.05, 4.69) is 5.32 Å². The Kier molecular flexibility index (Phi) is 3.83. The van der Waals surface area contributed by atoms with Gasteiger partial charge < -0.3 is 5.32 Å². The molecule has 4 heteroatoms. The molecular formula is C12H14FNOS. The lowest BCUT2D eigenvalue weighted by Gasteiger charge is -2.22. The summed E-state index contributed by atoms with van der Waals surface area (Å²) in [5, 5.41) is 2.88. The number of hydrogen-bond acceptors (Lipinski definition) is 2. The molecule has 0 saturated carbocycles. The predicted molar refractivity (Wildman–Crippen MR) is 64.2 cm³/mol. The highest BCUT2D eigenvalue weighted by molar-refractivity contribution is 7.99. The molecule has 0 aromatic heterocycles. The lowest BCUT2D eigenvalue weighted by atomic mass is 10.1. The SMILES string of the molecule is O=C(NC1CCSCC1)c1ccccc1F. The van der Waals surface area contributed by atoms with Crippen LogP contribution in [0.15, 0.2) is 24.3 Å². The Labute approximate surface area is 98.6 Å². The molecule has 2 nitrogen and oxygen atoms in total. The molecule has 0 radical (unpaired) electrons. The van der Waals surface area contributed by atoms with Crippen molar-refractivity contribution in [1.29, 1.82) is 0 Å². The smallest absolute Gasteiger partial charge is 0.254 e. The van der Waals surface area contributed by atoms with E-state index in [0.29, 0.717) is 0 Å². The number of thioether (sulfide) groups is 1. The second kappa shape index (κ2) is 5.34. The minimum atomic E-state index is -0.454. The minimum Gasteiger partial charge on any atom is -0.349 e. The molecule has 1 fully saturated rings. The molecule has 86 valence electrons. The number of hydrogen-bond donors (Lipinski definition) is 1. The van der Waals surface area contributed by atoms with Crippen molar-refractivity contribution in [2.75, 3.05) is 11.5 Å². The van der Waals surface area contributed by atoms with Gasteiger partial charge in [-0.25, -0.2) is 4.39 Å². The van der Waals surface area contributed by atoms with Gasteiger partial charge in [-0.1, -0.05) is 12.1 Å². The molecule has 1 aromatic rings. The number of carbonyl (C=O) groups excluding carboxylic acids is 1. The Morgan fingerprint density at radius 2 is 2.00 bits per heavy atom. The first-order chi connectivity index (χ1) is 7.77. The third kappa shape index (κ3) is 2.76. The maximum absolute atomic E-state index is 13.3. The lowest BCUT2D eigenvalue weighted by Crippen LogP contribution is -2.37. The number of benzene rings is 1. The molecule has 0 unspecified atom stereocenters. The fourth-order valence-electron chi connectivity index (χ4n) is 1.75. The minimum absolute atomic E-state index is 0.140. The van der Waals surface area contributed by atoms with Gasteiger partial charge in [-0.2, -0.15) is 11.8 Å². The maximum Gasteiger partial charge on any atom is 0.254 e. The summed E-state index contributed by atoms with van der Waals surface area (Å²) < 4.78 is 13.3. The van der Waals surface area contributed by atoms with Gasteiger partial charge in [0.1, 0.15) is 5.82 Å². The van der Waals surface area contributed by atoms with Gasteiger partial charge in [0.15, 0.2) is 0 Å². The fourth-order valence-corrected chi connectivity index (χ4v) is 2.86. The van der Waals surface area contributed by atoms with E-state index < -0.39 is 5.82 Å². The summed E-state index contributed by atoms with van der Waals surface area (Å²) in [5.41, 5.74) is 0.140. The zero-order chi connectivity index (χ0) is 11.4. The summed E-state index contributed by atoms with van der Waals surface area (Å²) in [5.74, 6) is 1.39. The third-order valence-electron chi connectivity index (χ3n) is 2.68. The molecule has 1 amide bonds. The largest absolute Gasteiger partial charge is 0.349 e. The van der Waals surface area contributed by atoms with Crippen molar-refractivity contribution in [1.82, 2.24) is 5.32 Å². The van der Waals surface area contributed by atoms with Crippen molar-refractivity contribution in [2.45, 2.75) is 18.9 Å². The van der Waals surface area contributed by atoms with Crippen molar-refractivity contribution < 1.29 is 9.18 Å². The van der Waals surface area contributed by atoms with Gasteiger partial charge in [-0.05, 0) is 36.5 Å². The van der Waals surface area contributed by atoms with Crippen molar-refractivity contribution in [3.05, 3.63) is 35.6 Å². The second-order valence-corrected chi connectivity index (χ2v) is 5.06. The quantitative estimate of drug-likeness (QED) is 0.859. The van der Waals surface area contributed by atoms with Gasteiger partial charge in [-0.3, -0.25) is 4.79 Å². The van der Waals surface area contributed by atoms with E-state index in [0.717, 1.165) is 24.3 Å². The molecule has 1 N–H and O–H groups in total. The third-order valence-corrected chi connectivity index (χ3v) is 3.72. The van der Waals surface area contributed by atoms with Gasteiger partial charge in [0.05, 0.1) is 5.56 Å². The summed E-state index contributed by atoms with van der Waals surface area (Å²) in [4.78, 5) is 11.8. The first-order valence-electron chi connectivity index (χ1n) is 5.40. The van der Waals surface area contributed by atoms with Crippen LogP contribution in [0.4, 0.5) is 4.39 Å². The molecule has 2 rings (SSSR count). The topological polar surface area (TPSA) is 29.1 Å². The van der Waals surface area contributed by atoms with E-state index in [9.17, 15) is 9.18 Å². The lowest BCUT2D eigenvalue weighted by molar-refractivity contribution is 0.0931. The van der Waals surface area contributed by atoms with E-state index >= 15 is 0 Å². The first-order valence-corrected chi connectivity index (χ1v) is 6.56. The molecule has 1 heterocycles. The Bertz CT molecular complexity index is 377. The zero-order valence-corrected chi connectivity index (χ0v) is 9.73. The van der Waals surface area contributed by atoms with E-state index in [4.69, 9.17) is 0 Å². The van der Waals surface area contributed by atoms with Crippen LogP contribution >= 0.6 is 11.8 Å². The Morgan fingerprint density at radius 1 is 1.31 bits per heavy atom. The molecule has 0 bridgehead atoms. The summed E-state index contributed by atoms with van der Waals surface area (Å²) in [6.07, 6.45) is 1.95. The van der Waals surface area contributed by atoms with Crippen molar-refractivity contribution in [3.8, 4) is 0 Å². The second-order valence-electron chi connectivity index (χ2n) is 3.84. The van der Waals surface area contributed by atoms with Crippen LogP contribution in [-0.2, 0) is 0 Å². The Morgan fingerprint density at radius 3 is 2.69 bits per heavy atom. The Hall–Kier alpha value is -1.03. The van der Waals surface area contributed by atoms with Crippen LogP contribution in [0.25, 0.3) is 0 Å². The molecule has 1 aliphatic heterocycles. The number of nitrogens with one attached hydrogen (secondary N) is 1. The molecule has 1 aromatic carbocycles. The normalized spacial score (nSPS) is 17.1. The van der Waals surface area contributed by atoms with E-state index in [1.54, 1.807) is 12.1 Å². The predicted octanol–water partition coefficient (Wildman–Crippen LogP) is 2.45. The van der Waals surface area contributed by atoms with Gasteiger partial charge in [0.2, 0.25) is 0 Å². The molecule has 0 spiro atoms. The van der Waals surface area contributed by atoms with E-state index in [-0.39, 0.29) is 17.5 Å². The van der Waals surface area contributed by atoms with Crippen LogP contribution in [0, 0.1) is 5.82 Å². The number of halogens is 1. The Balaban J connectivity index is 2.00. The average molecular weight is 239 g/mol. The van der Waals surface area contributed by atoms with Crippen LogP contribution in [0.1, 0.15) is 23.2 Å². The molecule has 1 saturated heterocycles. The van der Waals surface area contributed by atoms with Crippen LogP contribution < -0.4 is 5.32 Å².